The Balaban J connectivity index is 2.23. The Hall–Kier alpha value is -1.13. The number of rotatable bonds is 4. The number of aromatic nitrogens is 2. The predicted molar refractivity (Wildman–Crippen MR) is 75.3 cm³/mol. The number of imidazole rings is 1. The summed E-state index contributed by atoms with van der Waals surface area (Å²) in [6.45, 7) is 4.66. The molecular formula is C14H17BrN2O. The van der Waals surface area contributed by atoms with Crippen molar-refractivity contribution in [1.82, 2.24) is 9.55 Å². The molecule has 0 saturated carbocycles. The molecule has 0 aliphatic rings. The van der Waals surface area contributed by atoms with Gasteiger partial charge in [-0.3, -0.25) is 0 Å². The summed E-state index contributed by atoms with van der Waals surface area (Å²) < 4.78 is 3.01. The fraction of sp³-hybridized carbons (Fsp3) is 0.357. The highest BCUT2D eigenvalue weighted by Crippen LogP contribution is 2.24. The van der Waals surface area contributed by atoms with Crippen LogP contribution < -0.4 is 0 Å². The summed E-state index contributed by atoms with van der Waals surface area (Å²) in [5.74, 6) is 0.716. The molecule has 96 valence electrons. The molecule has 1 unspecified atom stereocenters. The van der Waals surface area contributed by atoms with Crippen molar-refractivity contribution in [3.05, 3.63) is 52.5 Å². The topological polar surface area (TPSA) is 38.0 Å². The third-order valence-corrected chi connectivity index (χ3v) is 3.53. The Morgan fingerprint density at radius 1 is 1.33 bits per heavy atom. The maximum absolute atomic E-state index is 10.6. The van der Waals surface area contributed by atoms with Gasteiger partial charge in [-0.1, -0.05) is 28.1 Å². The van der Waals surface area contributed by atoms with E-state index >= 15 is 0 Å². The lowest BCUT2D eigenvalue weighted by molar-refractivity contribution is 0.0445. The van der Waals surface area contributed by atoms with Gasteiger partial charge >= 0.3 is 0 Å². The Bertz CT molecular complexity index is 517. The lowest BCUT2D eigenvalue weighted by Crippen LogP contribution is -2.28. The summed E-state index contributed by atoms with van der Waals surface area (Å²) in [7, 11) is 0. The largest absolute Gasteiger partial charge is 0.382 e. The Kier molecular flexibility index (Phi) is 3.88. The van der Waals surface area contributed by atoms with Crippen LogP contribution in [-0.4, -0.2) is 14.7 Å². The van der Waals surface area contributed by atoms with Crippen LogP contribution in [-0.2, 0) is 18.6 Å². The van der Waals surface area contributed by atoms with Crippen molar-refractivity contribution in [2.24, 2.45) is 0 Å². The zero-order valence-electron chi connectivity index (χ0n) is 10.6. The number of hydrogen-bond acceptors (Lipinski definition) is 2. The van der Waals surface area contributed by atoms with E-state index in [1.807, 2.05) is 48.9 Å². The Labute approximate surface area is 116 Å². The fourth-order valence-electron chi connectivity index (χ4n) is 2.11. The SMILES string of the molecule is CCn1ccnc1C(C)(O)Cc1ccc(Br)cc1. The van der Waals surface area contributed by atoms with Crippen LogP contribution in [0.5, 0.6) is 0 Å². The van der Waals surface area contributed by atoms with Crippen molar-refractivity contribution in [1.29, 1.82) is 0 Å². The van der Waals surface area contributed by atoms with Crippen LogP contribution in [0.25, 0.3) is 0 Å². The maximum Gasteiger partial charge on any atom is 0.140 e. The summed E-state index contributed by atoms with van der Waals surface area (Å²) in [6.07, 6.45) is 4.18. The predicted octanol–water partition coefficient (Wildman–Crippen LogP) is 3.12. The van der Waals surface area contributed by atoms with E-state index < -0.39 is 5.60 Å². The molecule has 0 fully saturated rings. The van der Waals surface area contributed by atoms with Gasteiger partial charge in [0.05, 0.1) is 0 Å². The summed E-state index contributed by atoms with van der Waals surface area (Å²) in [6, 6.07) is 7.99. The first-order valence-corrected chi connectivity index (χ1v) is 6.80. The van der Waals surface area contributed by atoms with E-state index in [-0.39, 0.29) is 0 Å². The number of aryl methyl sites for hydroxylation is 1. The van der Waals surface area contributed by atoms with Crippen LogP contribution in [0, 0.1) is 0 Å². The molecule has 1 atom stereocenters. The van der Waals surface area contributed by atoms with Crippen LogP contribution in [0.1, 0.15) is 25.2 Å². The lowest BCUT2D eigenvalue weighted by atomic mass is 9.95. The van der Waals surface area contributed by atoms with Gasteiger partial charge in [0.25, 0.3) is 0 Å². The van der Waals surface area contributed by atoms with Crippen molar-refractivity contribution in [3.63, 3.8) is 0 Å². The second-order valence-electron chi connectivity index (χ2n) is 4.61. The first kappa shape index (κ1) is 13.3. The van der Waals surface area contributed by atoms with Gasteiger partial charge in [-0.2, -0.15) is 0 Å². The maximum atomic E-state index is 10.6. The van der Waals surface area contributed by atoms with Gasteiger partial charge in [-0.25, -0.2) is 4.98 Å². The van der Waals surface area contributed by atoms with E-state index in [0.29, 0.717) is 12.2 Å². The van der Waals surface area contributed by atoms with E-state index in [9.17, 15) is 5.11 Å². The monoisotopic (exact) mass is 308 g/mol. The number of halogens is 1. The number of nitrogens with zero attached hydrogens (tertiary/aromatic N) is 2. The van der Waals surface area contributed by atoms with Crippen molar-refractivity contribution in [2.45, 2.75) is 32.4 Å². The van der Waals surface area contributed by atoms with Crippen molar-refractivity contribution in [2.75, 3.05) is 0 Å². The minimum absolute atomic E-state index is 0.553. The zero-order chi connectivity index (χ0) is 13.2. The van der Waals surface area contributed by atoms with Crippen LogP contribution >= 0.6 is 15.9 Å². The molecule has 18 heavy (non-hydrogen) atoms. The number of aliphatic hydroxyl groups is 1. The molecule has 2 aromatic rings. The molecule has 0 amide bonds. The van der Waals surface area contributed by atoms with Gasteiger partial charge in [0.15, 0.2) is 0 Å². The number of benzene rings is 1. The van der Waals surface area contributed by atoms with E-state index in [1.54, 1.807) is 6.20 Å². The first-order chi connectivity index (χ1) is 8.53. The molecule has 0 bridgehead atoms. The van der Waals surface area contributed by atoms with Crippen molar-refractivity contribution in [3.8, 4) is 0 Å². The molecule has 1 aromatic heterocycles. The minimum atomic E-state index is -0.951. The zero-order valence-corrected chi connectivity index (χ0v) is 12.2. The first-order valence-electron chi connectivity index (χ1n) is 6.01. The van der Waals surface area contributed by atoms with E-state index in [0.717, 1.165) is 16.6 Å². The molecule has 3 nitrogen and oxygen atoms in total. The standard InChI is InChI=1S/C14H17BrN2O/c1-3-17-9-8-16-13(17)14(2,18)10-11-4-6-12(15)7-5-11/h4-9,18H,3,10H2,1-2H3. The highest BCUT2D eigenvalue weighted by atomic mass is 79.9. The second-order valence-corrected chi connectivity index (χ2v) is 5.53. The van der Waals surface area contributed by atoms with E-state index in [4.69, 9.17) is 0 Å². The third-order valence-electron chi connectivity index (χ3n) is 3.00. The fourth-order valence-corrected chi connectivity index (χ4v) is 2.38. The van der Waals surface area contributed by atoms with Gasteiger partial charge in [-0.15, -0.1) is 0 Å². The highest BCUT2D eigenvalue weighted by Gasteiger charge is 2.28. The molecule has 1 heterocycles. The van der Waals surface area contributed by atoms with E-state index in [2.05, 4.69) is 20.9 Å². The summed E-state index contributed by atoms with van der Waals surface area (Å²) >= 11 is 3.41. The molecule has 0 saturated heterocycles. The summed E-state index contributed by atoms with van der Waals surface area (Å²) in [5, 5.41) is 10.6. The van der Waals surface area contributed by atoms with Crippen molar-refractivity contribution >= 4 is 15.9 Å². The van der Waals surface area contributed by atoms with Gasteiger partial charge in [0.2, 0.25) is 0 Å². The molecule has 0 aliphatic carbocycles. The molecular weight excluding hydrogens is 292 g/mol. The second kappa shape index (κ2) is 5.24. The smallest absolute Gasteiger partial charge is 0.140 e. The molecule has 0 radical (unpaired) electrons. The molecule has 1 aromatic carbocycles. The van der Waals surface area contributed by atoms with E-state index in [1.165, 1.54) is 0 Å². The molecule has 2 rings (SSSR count). The van der Waals surface area contributed by atoms with Crippen LogP contribution in [0.4, 0.5) is 0 Å². The average molecular weight is 309 g/mol. The van der Waals surface area contributed by atoms with Gasteiger partial charge in [0, 0.05) is 29.8 Å². The highest BCUT2D eigenvalue weighted by molar-refractivity contribution is 9.10. The molecule has 4 heteroatoms. The lowest BCUT2D eigenvalue weighted by Gasteiger charge is -2.23. The van der Waals surface area contributed by atoms with Crippen molar-refractivity contribution < 1.29 is 5.11 Å². The van der Waals surface area contributed by atoms with Crippen LogP contribution in [0.2, 0.25) is 0 Å². The molecule has 1 N–H and O–H groups in total. The quantitative estimate of drug-likeness (QED) is 0.942. The minimum Gasteiger partial charge on any atom is -0.382 e. The third kappa shape index (κ3) is 2.82. The number of hydrogen-bond donors (Lipinski definition) is 1. The van der Waals surface area contributed by atoms with Gasteiger partial charge in [-0.05, 0) is 31.5 Å². The molecule has 0 aliphatic heterocycles. The Morgan fingerprint density at radius 2 is 2.00 bits per heavy atom. The molecule has 0 spiro atoms. The summed E-state index contributed by atoms with van der Waals surface area (Å²) in [4.78, 5) is 4.28. The van der Waals surface area contributed by atoms with Gasteiger partial charge < -0.3 is 9.67 Å². The normalized spacial score (nSPS) is 14.4. The Morgan fingerprint density at radius 3 is 2.61 bits per heavy atom. The van der Waals surface area contributed by atoms with Crippen LogP contribution in [0.15, 0.2) is 41.1 Å². The average Bonchev–Trinajstić information content (AvgIpc) is 2.81. The van der Waals surface area contributed by atoms with Gasteiger partial charge in [0.1, 0.15) is 11.4 Å². The summed E-state index contributed by atoms with van der Waals surface area (Å²) in [5.41, 5.74) is 0.140. The van der Waals surface area contributed by atoms with Crippen LogP contribution in [0.3, 0.4) is 0 Å².